The van der Waals surface area contributed by atoms with Crippen molar-refractivity contribution in [1.29, 1.82) is 0 Å². The summed E-state index contributed by atoms with van der Waals surface area (Å²) in [6.07, 6.45) is 2.63. The fourth-order valence-corrected chi connectivity index (χ4v) is 4.16. The molecule has 162 valence electrons. The van der Waals surface area contributed by atoms with Gasteiger partial charge in [0, 0.05) is 12.5 Å². The van der Waals surface area contributed by atoms with Crippen LogP contribution in [0.3, 0.4) is 0 Å². The maximum Gasteiger partial charge on any atom is 0.223 e. The number of nitrogens with zero attached hydrogens (tertiary/aromatic N) is 1. The molecule has 30 heavy (non-hydrogen) atoms. The molecule has 0 radical (unpaired) electrons. The maximum atomic E-state index is 13.0. The van der Waals surface area contributed by atoms with E-state index < -0.39 is 0 Å². The highest BCUT2D eigenvalue weighted by molar-refractivity contribution is 5.79. The second-order valence-corrected chi connectivity index (χ2v) is 8.06. The number of benzene rings is 2. The number of rotatable bonds is 8. The number of piperidine rings is 1. The summed E-state index contributed by atoms with van der Waals surface area (Å²) in [5, 5.41) is 3.26. The van der Waals surface area contributed by atoms with Gasteiger partial charge in [0.1, 0.15) is 0 Å². The van der Waals surface area contributed by atoms with Crippen LogP contribution < -0.4 is 14.8 Å². The van der Waals surface area contributed by atoms with Crippen LogP contribution in [0.1, 0.15) is 48.9 Å². The van der Waals surface area contributed by atoms with Gasteiger partial charge in [-0.3, -0.25) is 9.69 Å². The molecule has 0 bridgehead atoms. The molecule has 1 aliphatic rings. The van der Waals surface area contributed by atoms with Crippen molar-refractivity contribution in [2.24, 2.45) is 5.92 Å². The van der Waals surface area contributed by atoms with E-state index in [0.717, 1.165) is 44.5 Å². The lowest BCUT2D eigenvalue weighted by atomic mass is 9.94. The number of hydrogen-bond donors (Lipinski definition) is 1. The summed E-state index contributed by atoms with van der Waals surface area (Å²) < 4.78 is 10.7. The van der Waals surface area contributed by atoms with E-state index in [2.05, 4.69) is 48.3 Å². The zero-order chi connectivity index (χ0) is 21.5. The molecule has 1 amide bonds. The molecule has 0 saturated carbocycles. The maximum absolute atomic E-state index is 13.0. The molecule has 3 rings (SSSR count). The molecule has 1 N–H and O–H groups in total. The third kappa shape index (κ3) is 5.33. The minimum Gasteiger partial charge on any atom is -0.493 e. The Morgan fingerprint density at radius 1 is 1.10 bits per heavy atom. The number of methoxy groups -OCH3 is 2. The second kappa shape index (κ2) is 10.5. The van der Waals surface area contributed by atoms with Crippen LogP contribution in [-0.4, -0.2) is 38.1 Å². The van der Waals surface area contributed by atoms with Crippen LogP contribution in [0, 0.1) is 12.8 Å². The highest BCUT2D eigenvalue weighted by Crippen LogP contribution is 2.31. The first-order valence-corrected chi connectivity index (χ1v) is 10.8. The third-order valence-electron chi connectivity index (χ3n) is 6.15. The quantitative estimate of drug-likeness (QED) is 0.697. The SMILES string of the molecule is CC[C@@H](NC(=O)C1CCN(Cc2ccccc2C)CC1)c1ccc(OC)c(OC)c1. The number of carbonyl (C=O) groups is 1. The minimum atomic E-state index is -0.0256. The van der Waals surface area contributed by atoms with Gasteiger partial charge in [0.05, 0.1) is 20.3 Å². The number of nitrogens with one attached hydrogen (secondary N) is 1. The lowest BCUT2D eigenvalue weighted by Gasteiger charge is -2.32. The molecule has 2 aromatic carbocycles. The Balaban J connectivity index is 1.56. The van der Waals surface area contributed by atoms with Crippen molar-refractivity contribution in [2.45, 2.75) is 45.7 Å². The average molecular weight is 411 g/mol. The first-order valence-electron chi connectivity index (χ1n) is 10.8. The van der Waals surface area contributed by atoms with Crippen molar-refractivity contribution in [3.8, 4) is 11.5 Å². The van der Waals surface area contributed by atoms with Gasteiger partial charge in [-0.25, -0.2) is 0 Å². The Labute approximate surface area is 180 Å². The molecule has 5 heteroatoms. The minimum absolute atomic E-state index is 0.0256. The Hall–Kier alpha value is -2.53. The van der Waals surface area contributed by atoms with Gasteiger partial charge in [-0.1, -0.05) is 37.3 Å². The first-order chi connectivity index (χ1) is 14.5. The molecule has 1 heterocycles. The summed E-state index contributed by atoms with van der Waals surface area (Å²) in [6, 6.07) is 14.4. The molecule has 0 spiro atoms. The van der Waals surface area contributed by atoms with E-state index in [1.165, 1.54) is 11.1 Å². The lowest BCUT2D eigenvalue weighted by molar-refractivity contribution is -0.127. The molecule has 2 aromatic rings. The van der Waals surface area contributed by atoms with Gasteiger partial charge in [0.2, 0.25) is 5.91 Å². The van der Waals surface area contributed by atoms with Crippen molar-refractivity contribution < 1.29 is 14.3 Å². The van der Waals surface area contributed by atoms with Crippen LogP contribution in [0.15, 0.2) is 42.5 Å². The van der Waals surface area contributed by atoms with E-state index in [9.17, 15) is 4.79 Å². The van der Waals surface area contributed by atoms with E-state index >= 15 is 0 Å². The Kier molecular flexibility index (Phi) is 7.75. The normalized spacial score (nSPS) is 16.1. The molecule has 1 saturated heterocycles. The summed E-state index contributed by atoms with van der Waals surface area (Å²) in [5.74, 6) is 1.62. The van der Waals surface area contributed by atoms with E-state index in [0.29, 0.717) is 11.5 Å². The molecule has 0 unspecified atom stereocenters. The fourth-order valence-electron chi connectivity index (χ4n) is 4.16. The Morgan fingerprint density at radius 3 is 2.43 bits per heavy atom. The van der Waals surface area contributed by atoms with Crippen LogP contribution in [0.5, 0.6) is 11.5 Å². The highest BCUT2D eigenvalue weighted by atomic mass is 16.5. The molecule has 1 atom stereocenters. The van der Waals surface area contributed by atoms with Crippen molar-refractivity contribution in [1.82, 2.24) is 10.2 Å². The number of amides is 1. The predicted octanol–water partition coefficient (Wildman–Crippen LogP) is 4.49. The molecule has 1 fully saturated rings. The van der Waals surface area contributed by atoms with Gasteiger partial charge in [-0.05, 0) is 68.1 Å². The lowest BCUT2D eigenvalue weighted by Crippen LogP contribution is -2.41. The largest absolute Gasteiger partial charge is 0.493 e. The van der Waals surface area contributed by atoms with Crippen LogP contribution in [-0.2, 0) is 11.3 Å². The molecular weight excluding hydrogens is 376 g/mol. The number of likely N-dealkylation sites (tertiary alicyclic amines) is 1. The summed E-state index contributed by atoms with van der Waals surface area (Å²) in [4.78, 5) is 15.4. The fraction of sp³-hybridized carbons (Fsp3) is 0.480. The number of ether oxygens (including phenoxy) is 2. The van der Waals surface area contributed by atoms with Crippen molar-refractivity contribution in [3.63, 3.8) is 0 Å². The average Bonchev–Trinajstić information content (AvgIpc) is 2.78. The van der Waals surface area contributed by atoms with Gasteiger partial charge >= 0.3 is 0 Å². The van der Waals surface area contributed by atoms with E-state index in [-0.39, 0.29) is 17.9 Å². The molecule has 5 nitrogen and oxygen atoms in total. The van der Waals surface area contributed by atoms with Crippen LogP contribution in [0.2, 0.25) is 0 Å². The molecule has 1 aliphatic heterocycles. The topological polar surface area (TPSA) is 50.8 Å². The summed E-state index contributed by atoms with van der Waals surface area (Å²) >= 11 is 0. The van der Waals surface area contributed by atoms with Crippen molar-refractivity contribution in [3.05, 3.63) is 59.2 Å². The summed E-state index contributed by atoms with van der Waals surface area (Å²) in [7, 11) is 3.26. The van der Waals surface area contributed by atoms with Gasteiger partial charge in [-0.2, -0.15) is 0 Å². The molecule has 0 aliphatic carbocycles. The number of hydrogen-bond acceptors (Lipinski definition) is 4. The third-order valence-corrected chi connectivity index (χ3v) is 6.15. The van der Waals surface area contributed by atoms with Crippen LogP contribution in [0.4, 0.5) is 0 Å². The van der Waals surface area contributed by atoms with Crippen LogP contribution in [0.25, 0.3) is 0 Å². The summed E-state index contributed by atoms with van der Waals surface area (Å²) in [5.41, 5.74) is 3.75. The number of aryl methyl sites for hydroxylation is 1. The molecular formula is C25H34N2O3. The zero-order valence-electron chi connectivity index (χ0n) is 18.6. The number of carbonyl (C=O) groups excluding carboxylic acids is 1. The van der Waals surface area contributed by atoms with E-state index in [1.54, 1.807) is 14.2 Å². The monoisotopic (exact) mass is 410 g/mol. The van der Waals surface area contributed by atoms with Crippen LogP contribution >= 0.6 is 0 Å². The molecule has 0 aromatic heterocycles. The van der Waals surface area contributed by atoms with Gasteiger partial charge in [0.25, 0.3) is 0 Å². The van der Waals surface area contributed by atoms with Gasteiger partial charge < -0.3 is 14.8 Å². The smallest absolute Gasteiger partial charge is 0.223 e. The Bertz CT molecular complexity index is 844. The standard InChI is InChI=1S/C25H34N2O3/c1-5-22(20-10-11-23(29-3)24(16-20)30-4)26-25(28)19-12-14-27(15-13-19)17-21-9-7-6-8-18(21)2/h6-11,16,19,22H,5,12-15,17H2,1-4H3,(H,26,28)/t22-/m1/s1. The second-order valence-electron chi connectivity index (χ2n) is 8.06. The van der Waals surface area contributed by atoms with Gasteiger partial charge in [0.15, 0.2) is 11.5 Å². The van der Waals surface area contributed by atoms with Gasteiger partial charge in [-0.15, -0.1) is 0 Å². The summed E-state index contributed by atoms with van der Waals surface area (Å²) in [6.45, 7) is 7.13. The predicted molar refractivity (Wildman–Crippen MR) is 120 cm³/mol. The highest BCUT2D eigenvalue weighted by Gasteiger charge is 2.27. The van der Waals surface area contributed by atoms with E-state index in [1.807, 2.05) is 18.2 Å². The zero-order valence-corrected chi connectivity index (χ0v) is 18.6. The van der Waals surface area contributed by atoms with Crippen molar-refractivity contribution >= 4 is 5.91 Å². The first kappa shape index (κ1) is 22.2. The Morgan fingerprint density at radius 2 is 1.80 bits per heavy atom. The van der Waals surface area contributed by atoms with E-state index in [4.69, 9.17) is 9.47 Å². The van der Waals surface area contributed by atoms with Crippen molar-refractivity contribution in [2.75, 3.05) is 27.3 Å².